The van der Waals surface area contributed by atoms with E-state index in [-0.39, 0.29) is 48.0 Å². The lowest BCUT2D eigenvalue weighted by Gasteiger charge is -2.41. The predicted octanol–water partition coefficient (Wildman–Crippen LogP) is 0.887. The monoisotopic (exact) mass is 489 g/mol. The molecule has 34 heavy (non-hydrogen) atoms. The SMILES string of the molecule is CNC(=O)CN(c1nc(Nc2ccc3c(c2)S(=O)(=O)CC3)ncc1F)C1CCCC2NNCC21. The number of nitrogens with zero attached hydrogens (tertiary/aromatic N) is 3. The molecule has 1 saturated heterocycles. The predicted molar refractivity (Wildman–Crippen MR) is 125 cm³/mol. The van der Waals surface area contributed by atoms with Crippen molar-refractivity contribution in [2.45, 2.75) is 42.7 Å². The number of rotatable bonds is 6. The van der Waals surface area contributed by atoms with Crippen molar-refractivity contribution in [3.8, 4) is 0 Å². The minimum absolute atomic E-state index is 0.0329. The number of hydrogen-bond donors (Lipinski definition) is 4. The molecule has 0 bridgehead atoms. The van der Waals surface area contributed by atoms with Crippen LogP contribution in [0.25, 0.3) is 0 Å². The fourth-order valence-corrected chi connectivity index (χ4v) is 6.79. The quantitative estimate of drug-likeness (QED) is 0.468. The summed E-state index contributed by atoms with van der Waals surface area (Å²) in [6.45, 7) is 0.690. The molecule has 3 atom stereocenters. The van der Waals surface area contributed by atoms with E-state index in [9.17, 15) is 13.2 Å². The Hall–Kier alpha value is -2.83. The number of benzene rings is 1. The fraction of sp³-hybridized carbons (Fsp3) is 0.500. The third kappa shape index (κ3) is 4.32. The fourth-order valence-electron chi connectivity index (χ4n) is 5.21. The summed E-state index contributed by atoms with van der Waals surface area (Å²) in [7, 11) is -1.74. The molecule has 10 nitrogen and oxygen atoms in total. The van der Waals surface area contributed by atoms with Crippen molar-refractivity contribution in [2.75, 3.05) is 36.1 Å². The Balaban J connectivity index is 1.46. The van der Waals surface area contributed by atoms with Crippen molar-refractivity contribution >= 4 is 33.2 Å². The second-order valence-electron chi connectivity index (χ2n) is 8.98. The molecule has 3 aliphatic rings. The molecular weight excluding hydrogens is 461 g/mol. The number of carbonyl (C=O) groups is 1. The second kappa shape index (κ2) is 9.08. The van der Waals surface area contributed by atoms with Crippen molar-refractivity contribution in [3.05, 3.63) is 35.8 Å². The number of halogens is 1. The zero-order valence-electron chi connectivity index (χ0n) is 18.8. The van der Waals surface area contributed by atoms with Gasteiger partial charge in [0.1, 0.15) is 0 Å². The zero-order valence-corrected chi connectivity index (χ0v) is 19.7. The Labute approximate surface area is 197 Å². The number of nitrogens with one attached hydrogen (secondary N) is 4. The van der Waals surface area contributed by atoms with Gasteiger partial charge in [0.15, 0.2) is 21.5 Å². The topological polar surface area (TPSA) is 128 Å². The number of carbonyl (C=O) groups excluding carboxylic acids is 1. The standard InChI is InChI=1S/C22H28FN7O3S/c1-24-20(31)12-30(18-4-2-3-17-15(18)10-26-29-17)21-16(23)11-25-22(28-21)27-14-6-5-13-7-8-34(32,33)19(13)9-14/h5-6,9,11,15,17-18,26,29H,2-4,7-8,10,12H2,1H3,(H,24,31)(H,25,27,28). The molecule has 2 fully saturated rings. The van der Waals surface area contributed by atoms with Gasteiger partial charge in [-0.05, 0) is 43.4 Å². The number of hydrogen-bond acceptors (Lipinski definition) is 9. The van der Waals surface area contributed by atoms with Crippen molar-refractivity contribution in [1.29, 1.82) is 0 Å². The first-order chi connectivity index (χ1) is 16.4. The van der Waals surface area contributed by atoms with Crippen LogP contribution >= 0.6 is 0 Å². The molecule has 1 aromatic heterocycles. The molecule has 3 heterocycles. The minimum Gasteiger partial charge on any atom is -0.358 e. The summed E-state index contributed by atoms with van der Waals surface area (Å²) in [4.78, 5) is 22.9. The Morgan fingerprint density at radius 1 is 1.32 bits per heavy atom. The smallest absolute Gasteiger partial charge is 0.239 e. The second-order valence-corrected chi connectivity index (χ2v) is 11.1. The number of amides is 1. The molecule has 1 saturated carbocycles. The van der Waals surface area contributed by atoms with E-state index >= 15 is 4.39 Å². The van der Waals surface area contributed by atoms with E-state index in [1.807, 2.05) is 0 Å². The number of aryl methyl sites for hydroxylation is 1. The molecule has 2 aliphatic heterocycles. The summed E-state index contributed by atoms with van der Waals surface area (Å²) in [5.74, 6) is -0.378. The first kappa shape index (κ1) is 22.9. The van der Waals surface area contributed by atoms with Crippen LogP contribution in [0.4, 0.5) is 21.8 Å². The van der Waals surface area contributed by atoms with Crippen LogP contribution in [0.5, 0.6) is 0 Å². The molecule has 1 amide bonds. The van der Waals surface area contributed by atoms with Crippen LogP contribution in [0, 0.1) is 11.7 Å². The first-order valence-corrected chi connectivity index (χ1v) is 13.1. The summed E-state index contributed by atoms with van der Waals surface area (Å²) >= 11 is 0. The van der Waals surface area contributed by atoms with E-state index < -0.39 is 15.7 Å². The van der Waals surface area contributed by atoms with Gasteiger partial charge >= 0.3 is 0 Å². The maximum absolute atomic E-state index is 15.1. The van der Waals surface area contributed by atoms with Gasteiger partial charge in [0.05, 0.1) is 23.4 Å². The highest BCUT2D eigenvalue weighted by Crippen LogP contribution is 2.34. The third-order valence-electron chi connectivity index (χ3n) is 6.94. The minimum atomic E-state index is -3.29. The van der Waals surface area contributed by atoms with E-state index in [4.69, 9.17) is 0 Å². The van der Waals surface area contributed by atoms with Crippen LogP contribution in [0.2, 0.25) is 0 Å². The molecule has 1 aromatic carbocycles. The van der Waals surface area contributed by atoms with Crippen LogP contribution in [0.3, 0.4) is 0 Å². The van der Waals surface area contributed by atoms with Gasteiger partial charge in [-0.15, -0.1) is 0 Å². The molecule has 4 N–H and O–H groups in total. The van der Waals surface area contributed by atoms with Gasteiger partial charge in [0.2, 0.25) is 11.9 Å². The van der Waals surface area contributed by atoms with Gasteiger partial charge in [-0.3, -0.25) is 15.6 Å². The average Bonchev–Trinajstić information content (AvgIpc) is 3.43. The van der Waals surface area contributed by atoms with Gasteiger partial charge in [-0.1, -0.05) is 6.07 Å². The maximum Gasteiger partial charge on any atom is 0.239 e. The highest BCUT2D eigenvalue weighted by Gasteiger charge is 2.41. The molecule has 1 aliphatic carbocycles. The van der Waals surface area contributed by atoms with E-state index in [0.717, 1.165) is 37.6 Å². The van der Waals surface area contributed by atoms with Crippen LogP contribution in [0.1, 0.15) is 24.8 Å². The Morgan fingerprint density at radius 2 is 2.18 bits per heavy atom. The molecule has 182 valence electrons. The van der Waals surface area contributed by atoms with Gasteiger partial charge < -0.3 is 15.5 Å². The number of aromatic nitrogens is 2. The van der Waals surface area contributed by atoms with Crippen LogP contribution in [-0.4, -0.2) is 62.3 Å². The largest absolute Gasteiger partial charge is 0.358 e. The molecule has 12 heteroatoms. The van der Waals surface area contributed by atoms with Crippen molar-refractivity contribution < 1.29 is 17.6 Å². The van der Waals surface area contributed by atoms with Gasteiger partial charge in [-0.2, -0.15) is 4.98 Å². The van der Waals surface area contributed by atoms with E-state index in [2.05, 4.69) is 31.5 Å². The first-order valence-electron chi connectivity index (χ1n) is 11.5. The van der Waals surface area contributed by atoms with Gasteiger partial charge in [0.25, 0.3) is 0 Å². The molecule has 5 rings (SSSR count). The Kier molecular flexibility index (Phi) is 6.13. The number of fused-ring (bicyclic) bond motifs is 2. The third-order valence-corrected chi connectivity index (χ3v) is 8.73. The van der Waals surface area contributed by atoms with E-state index in [1.165, 1.54) is 0 Å². The molecule has 2 aromatic rings. The number of hydrazine groups is 1. The average molecular weight is 490 g/mol. The van der Waals surface area contributed by atoms with E-state index in [0.29, 0.717) is 17.0 Å². The lowest BCUT2D eigenvalue weighted by Crippen LogP contribution is -2.52. The Morgan fingerprint density at radius 3 is 3.00 bits per heavy atom. The van der Waals surface area contributed by atoms with Crippen molar-refractivity contribution in [3.63, 3.8) is 0 Å². The van der Waals surface area contributed by atoms with E-state index in [1.54, 1.807) is 30.1 Å². The Bertz CT molecular complexity index is 1210. The number of likely N-dealkylation sites (N-methyl/N-ethyl adjacent to an activating group) is 1. The molecular formula is C22H28FN7O3S. The highest BCUT2D eigenvalue weighted by molar-refractivity contribution is 7.91. The number of anilines is 3. The lowest BCUT2D eigenvalue weighted by atomic mass is 9.80. The maximum atomic E-state index is 15.1. The van der Waals surface area contributed by atoms with Crippen LogP contribution < -0.4 is 26.4 Å². The van der Waals surface area contributed by atoms with Gasteiger partial charge in [0, 0.05) is 37.3 Å². The molecule has 0 radical (unpaired) electrons. The zero-order chi connectivity index (χ0) is 23.9. The van der Waals surface area contributed by atoms with Crippen molar-refractivity contribution in [1.82, 2.24) is 26.1 Å². The highest BCUT2D eigenvalue weighted by atomic mass is 32.2. The molecule has 0 spiro atoms. The number of sulfone groups is 1. The van der Waals surface area contributed by atoms with Crippen LogP contribution in [0.15, 0.2) is 29.3 Å². The summed E-state index contributed by atoms with van der Waals surface area (Å²) in [6.07, 6.45) is 4.36. The van der Waals surface area contributed by atoms with Crippen molar-refractivity contribution in [2.24, 2.45) is 5.92 Å². The van der Waals surface area contributed by atoms with Crippen LogP contribution in [-0.2, 0) is 21.1 Å². The summed E-state index contributed by atoms with van der Waals surface area (Å²) < 4.78 is 39.6. The normalized spacial score (nSPS) is 24.8. The summed E-state index contributed by atoms with van der Waals surface area (Å²) in [5, 5.41) is 5.62. The summed E-state index contributed by atoms with van der Waals surface area (Å²) in [6, 6.07) is 5.26. The lowest BCUT2D eigenvalue weighted by molar-refractivity contribution is -0.119. The molecule has 3 unspecified atom stereocenters. The van der Waals surface area contributed by atoms with Gasteiger partial charge in [-0.25, -0.2) is 17.8 Å². The summed E-state index contributed by atoms with van der Waals surface area (Å²) in [5.41, 5.74) is 7.76.